The van der Waals surface area contributed by atoms with Crippen molar-refractivity contribution in [2.24, 2.45) is 5.92 Å². The molecule has 1 aliphatic heterocycles. The van der Waals surface area contributed by atoms with Crippen LogP contribution < -0.4 is 10.0 Å². The summed E-state index contributed by atoms with van der Waals surface area (Å²) in [5.74, 6) is -1.53. The molecule has 1 heterocycles. The molecule has 0 aromatic heterocycles. The van der Waals surface area contributed by atoms with E-state index in [1.165, 1.54) is 17.0 Å². The zero-order valence-electron chi connectivity index (χ0n) is 14.4. The van der Waals surface area contributed by atoms with Crippen LogP contribution in [0, 0.1) is 5.92 Å². The van der Waals surface area contributed by atoms with Gasteiger partial charge < -0.3 is 15.3 Å². The molecule has 1 aromatic rings. The third kappa shape index (κ3) is 4.93. The van der Waals surface area contributed by atoms with Crippen LogP contribution in [0.4, 0.5) is 10.5 Å². The lowest BCUT2D eigenvalue weighted by molar-refractivity contribution is -0.141. The first-order valence-electron chi connectivity index (χ1n) is 7.91. The smallest absolute Gasteiger partial charge is 0.321 e. The molecule has 25 heavy (non-hydrogen) atoms. The molecule has 0 radical (unpaired) electrons. The van der Waals surface area contributed by atoms with Gasteiger partial charge in [0.2, 0.25) is 10.0 Å². The van der Waals surface area contributed by atoms with Crippen LogP contribution in [0.3, 0.4) is 0 Å². The van der Waals surface area contributed by atoms with Gasteiger partial charge in [0.1, 0.15) is 4.90 Å². The van der Waals surface area contributed by atoms with Crippen LogP contribution >= 0.6 is 0 Å². The van der Waals surface area contributed by atoms with Gasteiger partial charge >= 0.3 is 12.0 Å². The lowest BCUT2D eigenvalue weighted by Gasteiger charge is -2.22. The predicted molar refractivity (Wildman–Crippen MR) is 92.9 cm³/mol. The SMILES string of the molecule is CC(C)(C)NS(=O)(=O)c1ccccc1NC(=O)N1CCC(C(=O)O)C1. The van der Waals surface area contributed by atoms with E-state index in [1.807, 2.05) is 0 Å². The van der Waals surface area contributed by atoms with Crippen LogP contribution in [-0.2, 0) is 14.8 Å². The number of para-hydroxylation sites is 1. The van der Waals surface area contributed by atoms with Crippen LogP contribution in [0.2, 0.25) is 0 Å². The number of sulfonamides is 1. The third-order valence-corrected chi connectivity index (χ3v) is 5.50. The summed E-state index contributed by atoms with van der Waals surface area (Å²) >= 11 is 0. The lowest BCUT2D eigenvalue weighted by Crippen LogP contribution is -2.41. The molecule has 9 heteroatoms. The molecule has 1 aromatic carbocycles. The Kier molecular flexibility index (Phi) is 5.38. The van der Waals surface area contributed by atoms with E-state index in [0.29, 0.717) is 13.0 Å². The molecule has 2 amide bonds. The van der Waals surface area contributed by atoms with Crippen molar-refractivity contribution in [1.82, 2.24) is 9.62 Å². The number of nitrogens with zero attached hydrogens (tertiary/aromatic N) is 1. The van der Waals surface area contributed by atoms with E-state index < -0.39 is 33.5 Å². The van der Waals surface area contributed by atoms with E-state index in [-0.39, 0.29) is 17.1 Å². The highest BCUT2D eigenvalue weighted by Crippen LogP contribution is 2.24. The van der Waals surface area contributed by atoms with E-state index in [2.05, 4.69) is 10.0 Å². The molecule has 1 fully saturated rings. The van der Waals surface area contributed by atoms with Crippen molar-refractivity contribution in [3.8, 4) is 0 Å². The quantitative estimate of drug-likeness (QED) is 0.747. The molecule has 0 spiro atoms. The second kappa shape index (κ2) is 7.01. The third-order valence-electron chi connectivity index (χ3n) is 3.68. The summed E-state index contributed by atoms with van der Waals surface area (Å²) < 4.78 is 27.7. The first kappa shape index (κ1) is 19.2. The summed E-state index contributed by atoms with van der Waals surface area (Å²) in [7, 11) is -3.82. The van der Waals surface area contributed by atoms with Crippen molar-refractivity contribution < 1.29 is 23.1 Å². The molecule has 0 saturated carbocycles. The Morgan fingerprint density at radius 3 is 2.44 bits per heavy atom. The minimum absolute atomic E-state index is 0.0349. The number of carbonyl (C=O) groups is 2. The minimum Gasteiger partial charge on any atom is -0.481 e. The molecule has 2 rings (SSSR count). The molecular formula is C16H23N3O5S. The number of anilines is 1. The second-order valence-corrected chi connectivity index (χ2v) is 8.70. The van der Waals surface area contributed by atoms with Gasteiger partial charge in [-0.15, -0.1) is 0 Å². The van der Waals surface area contributed by atoms with Crippen LogP contribution in [0.25, 0.3) is 0 Å². The number of hydrogen-bond donors (Lipinski definition) is 3. The average Bonchev–Trinajstić information content (AvgIpc) is 2.95. The fourth-order valence-electron chi connectivity index (χ4n) is 2.60. The van der Waals surface area contributed by atoms with Gasteiger partial charge in [0.05, 0.1) is 11.6 Å². The average molecular weight is 369 g/mol. The number of aliphatic carboxylic acids is 1. The normalized spacial score (nSPS) is 18.2. The molecule has 1 aliphatic rings. The minimum atomic E-state index is -3.82. The number of rotatable bonds is 4. The number of nitrogens with one attached hydrogen (secondary N) is 2. The molecule has 138 valence electrons. The Labute approximate surface area is 147 Å². The van der Waals surface area contributed by atoms with Crippen molar-refractivity contribution in [2.75, 3.05) is 18.4 Å². The number of urea groups is 1. The molecule has 8 nitrogen and oxygen atoms in total. The topological polar surface area (TPSA) is 116 Å². The number of likely N-dealkylation sites (tertiary alicyclic amines) is 1. The van der Waals surface area contributed by atoms with Gasteiger partial charge in [0, 0.05) is 18.6 Å². The fourth-order valence-corrected chi connectivity index (χ4v) is 4.19. The van der Waals surface area contributed by atoms with E-state index in [1.54, 1.807) is 32.9 Å². The monoisotopic (exact) mass is 369 g/mol. The zero-order chi connectivity index (χ0) is 18.8. The van der Waals surface area contributed by atoms with E-state index in [4.69, 9.17) is 5.11 Å². The van der Waals surface area contributed by atoms with Crippen LogP contribution in [0.15, 0.2) is 29.2 Å². The van der Waals surface area contributed by atoms with Gasteiger partial charge in [0.25, 0.3) is 0 Å². The Bertz CT molecular complexity index is 770. The number of carbonyl (C=O) groups excluding carboxylic acids is 1. The summed E-state index contributed by atoms with van der Waals surface area (Å²) in [6.45, 7) is 5.60. The summed E-state index contributed by atoms with van der Waals surface area (Å²) in [6, 6.07) is 5.59. The summed E-state index contributed by atoms with van der Waals surface area (Å²) in [5.41, 5.74) is -0.511. The Morgan fingerprint density at radius 2 is 1.88 bits per heavy atom. The summed E-state index contributed by atoms with van der Waals surface area (Å²) in [4.78, 5) is 24.7. The van der Waals surface area contributed by atoms with Crippen LogP contribution in [0.5, 0.6) is 0 Å². The van der Waals surface area contributed by atoms with Gasteiger partial charge in [0.15, 0.2) is 0 Å². The first-order valence-corrected chi connectivity index (χ1v) is 9.40. The van der Waals surface area contributed by atoms with Crippen molar-refractivity contribution in [1.29, 1.82) is 0 Å². The maximum atomic E-state index is 12.6. The van der Waals surface area contributed by atoms with Crippen LogP contribution in [-0.4, -0.2) is 49.1 Å². The number of carboxylic acids is 1. The molecular weight excluding hydrogens is 346 g/mol. The fraction of sp³-hybridized carbons (Fsp3) is 0.500. The van der Waals surface area contributed by atoms with Gasteiger partial charge in [-0.2, -0.15) is 0 Å². The van der Waals surface area contributed by atoms with Crippen molar-refractivity contribution in [3.63, 3.8) is 0 Å². The predicted octanol–water partition coefficient (Wildman–Crippen LogP) is 1.70. The van der Waals surface area contributed by atoms with Crippen molar-refractivity contribution >= 4 is 27.7 Å². The first-order chi connectivity index (χ1) is 11.5. The van der Waals surface area contributed by atoms with E-state index >= 15 is 0 Å². The second-order valence-electron chi connectivity index (χ2n) is 7.05. The molecule has 0 aliphatic carbocycles. The van der Waals surface area contributed by atoms with Gasteiger partial charge in [-0.05, 0) is 39.3 Å². The van der Waals surface area contributed by atoms with Gasteiger partial charge in [-0.25, -0.2) is 17.9 Å². The lowest BCUT2D eigenvalue weighted by atomic mass is 10.1. The molecule has 0 bridgehead atoms. The van der Waals surface area contributed by atoms with E-state index in [9.17, 15) is 18.0 Å². The molecule has 3 N–H and O–H groups in total. The maximum Gasteiger partial charge on any atom is 0.321 e. The molecule has 1 unspecified atom stereocenters. The highest BCUT2D eigenvalue weighted by molar-refractivity contribution is 7.89. The number of benzene rings is 1. The van der Waals surface area contributed by atoms with Gasteiger partial charge in [-0.1, -0.05) is 12.1 Å². The van der Waals surface area contributed by atoms with Gasteiger partial charge in [-0.3, -0.25) is 4.79 Å². The highest BCUT2D eigenvalue weighted by Gasteiger charge is 2.32. The number of carboxylic acid groups (broad SMARTS) is 1. The standard InChI is InChI=1S/C16H23N3O5S/c1-16(2,3)18-25(23,24)13-7-5-4-6-12(13)17-15(22)19-9-8-11(10-19)14(20)21/h4-7,11,18H,8-10H2,1-3H3,(H,17,22)(H,20,21). The van der Waals surface area contributed by atoms with Crippen LogP contribution in [0.1, 0.15) is 27.2 Å². The number of amides is 2. The van der Waals surface area contributed by atoms with E-state index in [0.717, 1.165) is 0 Å². The highest BCUT2D eigenvalue weighted by atomic mass is 32.2. The summed E-state index contributed by atoms with van der Waals surface area (Å²) in [6.07, 6.45) is 0.383. The zero-order valence-corrected chi connectivity index (χ0v) is 15.3. The number of hydrogen-bond acceptors (Lipinski definition) is 4. The molecule has 1 saturated heterocycles. The Hall–Kier alpha value is -2.13. The summed E-state index contributed by atoms with van der Waals surface area (Å²) in [5, 5.41) is 11.6. The Balaban J connectivity index is 2.19. The van der Waals surface area contributed by atoms with Crippen molar-refractivity contribution in [3.05, 3.63) is 24.3 Å². The Morgan fingerprint density at radius 1 is 1.24 bits per heavy atom. The maximum absolute atomic E-state index is 12.6. The molecule has 1 atom stereocenters. The largest absolute Gasteiger partial charge is 0.481 e. The van der Waals surface area contributed by atoms with Crippen molar-refractivity contribution in [2.45, 2.75) is 37.6 Å².